The Morgan fingerprint density at radius 2 is 2.12 bits per heavy atom. The lowest BCUT2D eigenvalue weighted by atomic mass is 9.94. The lowest BCUT2D eigenvalue weighted by Gasteiger charge is -2.16. The highest BCUT2D eigenvalue weighted by Crippen LogP contribution is 2.43. The van der Waals surface area contributed by atoms with Crippen LogP contribution in [0.3, 0.4) is 0 Å². The van der Waals surface area contributed by atoms with Crippen LogP contribution in [0.2, 0.25) is 0 Å². The molecule has 0 aliphatic heterocycles. The predicted molar refractivity (Wildman–Crippen MR) is 60.9 cm³/mol. The molecule has 0 radical (unpaired) electrons. The molecule has 0 N–H and O–H groups in total. The van der Waals surface area contributed by atoms with Gasteiger partial charge >= 0.3 is 5.97 Å². The fraction of sp³-hybridized carbons (Fsp3) is 0.769. The highest BCUT2D eigenvalue weighted by Gasteiger charge is 2.40. The molecule has 0 saturated heterocycles. The zero-order valence-corrected chi connectivity index (χ0v) is 9.85. The van der Waals surface area contributed by atoms with E-state index in [9.17, 15) is 4.79 Å². The summed E-state index contributed by atoms with van der Waals surface area (Å²) in [6, 6.07) is 0. The molecule has 0 aromatic rings. The fourth-order valence-corrected chi connectivity index (χ4v) is 2.61. The molecular weight excluding hydrogens is 204 g/mol. The Hall–Kier alpha value is -0.830. The Morgan fingerprint density at radius 1 is 1.25 bits per heavy atom. The Labute approximate surface area is 96.8 Å². The molecule has 2 bridgehead atoms. The topological polar surface area (TPSA) is 35.5 Å². The second kappa shape index (κ2) is 5.48. The van der Waals surface area contributed by atoms with E-state index in [2.05, 4.69) is 19.1 Å². The first kappa shape index (κ1) is 11.6. The smallest absolute Gasteiger partial charge is 0.309 e. The summed E-state index contributed by atoms with van der Waals surface area (Å²) in [5, 5.41) is 0. The van der Waals surface area contributed by atoms with Crippen molar-refractivity contribution in [3.63, 3.8) is 0 Å². The van der Waals surface area contributed by atoms with E-state index in [1.807, 2.05) is 0 Å². The van der Waals surface area contributed by atoms with Crippen molar-refractivity contribution in [1.82, 2.24) is 0 Å². The van der Waals surface area contributed by atoms with Crippen LogP contribution in [-0.4, -0.2) is 25.8 Å². The molecule has 0 spiro atoms. The maximum atomic E-state index is 11.8. The largest absolute Gasteiger partial charge is 0.463 e. The summed E-state index contributed by atoms with van der Waals surface area (Å²) in [5.41, 5.74) is 0. The maximum Gasteiger partial charge on any atom is 0.309 e. The Kier molecular flexibility index (Phi) is 3.99. The van der Waals surface area contributed by atoms with Crippen LogP contribution in [-0.2, 0) is 14.3 Å². The van der Waals surface area contributed by atoms with Crippen molar-refractivity contribution in [2.45, 2.75) is 26.2 Å². The van der Waals surface area contributed by atoms with Crippen LogP contribution in [0.4, 0.5) is 0 Å². The average molecular weight is 224 g/mol. The zero-order valence-electron chi connectivity index (χ0n) is 9.85. The van der Waals surface area contributed by atoms with E-state index in [0.717, 1.165) is 25.9 Å². The number of carbonyl (C=O) groups is 1. The summed E-state index contributed by atoms with van der Waals surface area (Å²) in [6.07, 6.45) is 7.54. The van der Waals surface area contributed by atoms with Gasteiger partial charge in [-0.05, 0) is 31.1 Å². The van der Waals surface area contributed by atoms with Crippen LogP contribution in [0.25, 0.3) is 0 Å². The maximum absolute atomic E-state index is 11.8. The Bertz CT molecular complexity index is 272. The number of rotatable bonds is 6. The number of fused-ring (bicyclic) bond motifs is 2. The third kappa shape index (κ3) is 2.64. The number of allylic oxidation sites excluding steroid dienone is 2. The van der Waals surface area contributed by atoms with Crippen molar-refractivity contribution >= 4 is 5.97 Å². The van der Waals surface area contributed by atoms with Crippen molar-refractivity contribution in [3.8, 4) is 0 Å². The molecule has 2 rings (SSSR count). The van der Waals surface area contributed by atoms with Gasteiger partial charge in [-0.1, -0.05) is 19.1 Å². The summed E-state index contributed by atoms with van der Waals surface area (Å²) < 4.78 is 10.5. The van der Waals surface area contributed by atoms with Gasteiger partial charge in [0, 0.05) is 6.61 Å². The summed E-state index contributed by atoms with van der Waals surface area (Å²) in [5.74, 6) is 1.14. The van der Waals surface area contributed by atoms with Crippen molar-refractivity contribution in [1.29, 1.82) is 0 Å². The molecule has 3 atom stereocenters. The van der Waals surface area contributed by atoms with E-state index >= 15 is 0 Å². The summed E-state index contributed by atoms with van der Waals surface area (Å²) in [6.45, 7) is 3.73. The number of esters is 1. The molecular formula is C13H20O3. The van der Waals surface area contributed by atoms with Gasteiger partial charge in [-0.15, -0.1) is 0 Å². The number of hydrogen-bond donors (Lipinski definition) is 0. The molecule has 3 unspecified atom stereocenters. The van der Waals surface area contributed by atoms with Gasteiger partial charge in [0.25, 0.3) is 0 Å². The van der Waals surface area contributed by atoms with Crippen molar-refractivity contribution in [3.05, 3.63) is 12.2 Å². The van der Waals surface area contributed by atoms with E-state index in [4.69, 9.17) is 9.47 Å². The zero-order chi connectivity index (χ0) is 11.4. The molecule has 0 heterocycles. The lowest BCUT2D eigenvalue weighted by molar-refractivity contribution is -0.151. The SMILES string of the molecule is CCCOCCOC(=O)C1CC2C=CC1C2. The normalized spacial score (nSPS) is 30.9. The Balaban J connectivity index is 1.63. The third-order valence-electron chi connectivity index (χ3n) is 3.40. The van der Waals surface area contributed by atoms with Gasteiger partial charge in [0.15, 0.2) is 0 Å². The van der Waals surface area contributed by atoms with Crippen molar-refractivity contribution < 1.29 is 14.3 Å². The minimum Gasteiger partial charge on any atom is -0.463 e. The summed E-state index contributed by atoms with van der Waals surface area (Å²) in [4.78, 5) is 11.8. The van der Waals surface area contributed by atoms with Crippen LogP contribution in [0.1, 0.15) is 26.2 Å². The first-order valence-electron chi connectivity index (χ1n) is 6.24. The predicted octanol–water partition coefficient (Wildman–Crippen LogP) is 2.17. The van der Waals surface area contributed by atoms with Gasteiger partial charge < -0.3 is 9.47 Å². The van der Waals surface area contributed by atoms with E-state index in [0.29, 0.717) is 25.0 Å². The van der Waals surface area contributed by atoms with E-state index in [-0.39, 0.29) is 11.9 Å². The minimum atomic E-state index is -0.0306. The minimum absolute atomic E-state index is 0.0306. The lowest BCUT2D eigenvalue weighted by Crippen LogP contribution is -2.23. The van der Waals surface area contributed by atoms with Crippen molar-refractivity contribution in [2.24, 2.45) is 17.8 Å². The van der Waals surface area contributed by atoms with Crippen LogP contribution < -0.4 is 0 Å². The third-order valence-corrected chi connectivity index (χ3v) is 3.40. The molecule has 2 aliphatic carbocycles. The molecule has 2 aliphatic rings. The summed E-state index contributed by atoms with van der Waals surface area (Å²) >= 11 is 0. The molecule has 3 nitrogen and oxygen atoms in total. The van der Waals surface area contributed by atoms with Crippen LogP contribution in [0.5, 0.6) is 0 Å². The molecule has 3 heteroatoms. The van der Waals surface area contributed by atoms with Crippen LogP contribution >= 0.6 is 0 Å². The molecule has 1 fully saturated rings. The quantitative estimate of drug-likeness (QED) is 0.394. The van der Waals surface area contributed by atoms with Gasteiger partial charge in [0.2, 0.25) is 0 Å². The number of hydrogen-bond acceptors (Lipinski definition) is 3. The number of carbonyl (C=O) groups excluding carboxylic acids is 1. The first-order valence-corrected chi connectivity index (χ1v) is 6.24. The van der Waals surface area contributed by atoms with E-state index < -0.39 is 0 Å². The van der Waals surface area contributed by atoms with Gasteiger partial charge in [0.1, 0.15) is 6.61 Å². The van der Waals surface area contributed by atoms with Gasteiger partial charge in [-0.3, -0.25) is 4.79 Å². The standard InChI is InChI=1S/C13H20O3/c1-2-5-15-6-7-16-13(14)12-9-10-3-4-11(12)8-10/h3-4,10-12H,2,5-9H2,1H3. The van der Waals surface area contributed by atoms with E-state index in [1.54, 1.807) is 0 Å². The highest BCUT2D eigenvalue weighted by molar-refractivity contribution is 5.74. The molecule has 0 aromatic heterocycles. The fourth-order valence-electron chi connectivity index (χ4n) is 2.61. The average Bonchev–Trinajstić information content (AvgIpc) is 2.90. The second-order valence-corrected chi connectivity index (χ2v) is 4.67. The second-order valence-electron chi connectivity index (χ2n) is 4.67. The number of ether oxygens (including phenoxy) is 2. The van der Waals surface area contributed by atoms with Crippen LogP contribution in [0.15, 0.2) is 12.2 Å². The molecule has 0 amide bonds. The molecule has 16 heavy (non-hydrogen) atoms. The Morgan fingerprint density at radius 3 is 2.75 bits per heavy atom. The monoisotopic (exact) mass is 224 g/mol. The van der Waals surface area contributed by atoms with Gasteiger partial charge in [0.05, 0.1) is 12.5 Å². The molecule has 1 saturated carbocycles. The highest BCUT2D eigenvalue weighted by atomic mass is 16.6. The van der Waals surface area contributed by atoms with Gasteiger partial charge in [-0.25, -0.2) is 0 Å². The summed E-state index contributed by atoms with van der Waals surface area (Å²) in [7, 11) is 0. The molecule has 90 valence electrons. The molecule has 0 aromatic carbocycles. The van der Waals surface area contributed by atoms with E-state index in [1.165, 1.54) is 0 Å². The first-order chi connectivity index (χ1) is 7.81. The van der Waals surface area contributed by atoms with Crippen molar-refractivity contribution in [2.75, 3.05) is 19.8 Å². The van der Waals surface area contributed by atoms with Crippen LogP contribution in [0, 0.1) is 17.8 Å². The van der Waals surface area contributed by atoms with Gasteiger partial charge in [-0.2, -0.15) is 0 Å².